The molecule has 23 heavy (non-hydrogen) atoms. The van der Waals surface area contributed by atoms with Crippen molar-refractivity contribution in [1.82, 2.24) is 4.90 Å². The molecule has 0 saturated carbocycles. The molecule has 0 fully saturated rings. The molecule has 0 saturated heterocycles. The van der Waals surface area contributed by atoms with Crippen LogP contribution in [0.4, 0.5) is 0 Å². The Morgan fingerprint density at radius 1 is 1.35 bits per heavy atom. The Morgan fingerprint density at radius 2 is 1.96 bits per heavy atom. The predicted octanol–water partition coefficient (Wildman–Crippen LogP) is 4.02. The number of hydrogen-bond acceptors (Lipinski definition) is 3. The largest absolute Gasteiger partial charge is 0.489 e. The molecule has 1 atom stereocenters. The van der Waals surface area contributed by atoms with Crippen molar-refractivity contribution < 1.29 is 14.6 Å². The minimum Gasteiger partial charge on any atom is -0.489 e. The Kier molecular flexibility index (Phi) is 7.39. The molecule has 0 aromatic heterocycles. The lowest BCUT2D eigenvalue weighted by Crippen LogP contribution is -2.28. The SMILES string of the molecule is C=C(COc1ccc(C)cc1)C(C)N(C)/C=C(\C)CCC(=O)O. The molecule has 1 aromatic carbocycles. The van der Waals surface area contributed by atoms with Gasteiger partial charge in [0.1, 0.15) is 12.4 Å². The van der Waals surface area contributed by atoms with E-state index in [2.05, 4.69) is 13.5 Å². The number of hydrogen-bond donors (Lipinski definition) is 1. The van der Waals surface area contributed by atoms with E-state index in [0.717, 1.165) is 16.9 Å². The molecular weight excluding hydrogens is 290 g/mol. The summed E-state index contributed by atoms with van der Waals surface area (Å²) in [6, 6.07) is 8.05. The number of likely N-dealkylation sites (N-methyl/N-ethyl adjacent to an activating group) is 1. The summed E-state index contributed by atoms with van der Waals surface area (Å²) in [4.78, 5) is 12.6. The van der Waals surface area contributed by atoms with E-state index < -0.39 is 5.97 Å². The van der Waals surface area contributed by atoms with Crippen LogP contribution in [0.15, 0.2) is 48.2 Å². The Hall–Kier alpha value is -2.23. The van der Waals surface area contributed by atoms with Gasteiger partial charge in [-0.2, -0.15) is 0 Å². The first-order valence-corrected chi connectivity index (χ1v) is 7.77. The number of benzene rings is 1. The van der Waals surface area contributed by atoms with Gasteiger partial charge in [-0.25, -0.2) is 0 Å². The monoisotopic (exact) mass is 317 g/mol. The van der Waals surface area contributed by atoms with E-state index in [1.54, 1.807) is 0 Å². The van der Waals surface area contributed by atoms with E-state index in [1.165, 1.54) is 5.56 Å². The zero-order chi connectivity index (χ0) is 17.4. The maximum Gasteiger partial charge on any atom is 0.303 e. The molecule has 0 aliphatic rings. The highest BCUT2D eigenvalue weighted by atomic mass is 16.5. The third-order valence-corrected chi connectivity index (χ3v) is 3.80. The average Bonchev–Trinajstić information content (AvgIpc) is 2.51. The maximum atomic E-state index is 10.6. The lowest BCUT2D eigenvalue weighted by atomic mass is 10.1. The van der Waals surface area contributed by atoms with Gasteiger partial charge in [0.2, 0.25) is 0 Å². The van der Waals surface area contributed by atoms with Crippen LogP contribution in [0.2, 0.25) is 0 Å². The van der Waals surface area contributed by atoms with Gasteiger partial charge in [0.05, 0.1) is 0 Å². The van der Waals surface area contributed by atoms with E-state index in [0.29, 0.717) is 13.0 Å². The van der Waals surface area contributed by atoms with Crippen molar-refractivity contribution in [3.05, 3.63) is 53.8 Å². The van der Waals surface area contributed by atoms with Gasteiger partial charge in [0.25, 0.3) is 0 Å². The molecule has 0 bridgehead atoms. The van der Waals surface area contributed by atoms with Crippen molar-refractivity contribution in [2.45, 2.75) is 39.7 Å². The smallest absolute Gasteiger partial charge is 0.303 e. The summed E-state index contributed by atoms with van der Waals surface area (Å²) in [5.74, 6) is 0.0594. The summed E-state index contributed by atoms with van der Waals surface area (Å²) in [7, 11) is 1.96. The second-order valence-corrected chi connectivity index (χ2v) is 5.97. The van der Waals surface area contributed by atoms with E-state index in [4.69, 9.17) is 9.84 Å². The Labute approximate surface area is 139 Å². The fourth-order valence-electron chi connectivity index (χ4n) is 2.05. The molecule has 0 aliphatic heterocycles. The minimum absolute atomic E-state index is 0.111. The number of carboxylic acid groups (broad SMARTS) is 1. The molecule has 126 valence electrons. The number of carbonyl (C=O) groups is 1. The first-order chi connectivity index (χ1) is 10.8. The molecule has 0 amide bonds. The molecule has 4 nitrogen and oxygen atoms in total. The predicted molar refractivity (Wildman–Crippen MR) is 93.7 cm³/mol. The third-order valence-electron chi connectivity index (χ3n) is 3.80. The van der Waals surface area contributed by atoms with Crippen LogP contribution in [0.25, 0.3) is 0 Å². The molecular formula is C19H27NO3. The van der Waals surface area contributed by atoms with Crippen molar-refractivity contribution in [3.8, 4) is 5.75 Å². The Morgan fingerprint density at radius 3 is 2.52 bits per heavy atom. The Balaban J connectivity index is 2.49. The summed E-state index contributed by atoms with van der Waals surface area (Å²) >= 11 is 0. The minimum atomic E-state index is -0.774. The van der Waals surface area contributed by atoms with Gasteiger partial charge in [-0.15, -0.1) is 0 Å². The van der Waals surface area contributed by atoms with Gasteiger partial charge >= 0.3 is 5.97 Å². The van der Waals surface area contributed by atoms with Crippen LogP contribution in [0.3, 0.4) is 0 Å². The highest BCUT2D eigenvalue weighted by Crippen LogP contribution is 2.15. The topological polar surface area (TPSA) is 49.8 Å². The van der Waals surface area contributed by atoms with Gasteiger partial charge < -0.3 is 14.7 Å². The van der Waals surface area contributed by atoms with Crippen LogP contribution in [0, 0.1) is 6.92 Å². The van der Waals surface area contributed by atoms with E-state index >= 15 is 0 Å². The molecule has 1 aromatic rings. The molecule has 1 rings (SSSR count). The van der Waals surface area contributed by atoms with Gasteiger partial charge in [-0.3, -0.25) is 4.79 Å². The fourth-order valence-corrected chi connectivity index (χ4v) is 2.05. The standard InChI is InChI=1S/C19H27NO3/c1-14-6-9-18(10-7-14)23-13-16(3)17(4)20(5)12-15(2)8-11-19(21)22/h6-7,9-10,12,17H,3,8,11,13H2,1-2,4-5H3,(H,21,22)/b15-12+. The average molecular weight is 317 g/mol. The summed E-state index contributed by atoms with van der Waals surface area (Å²) in [5.41, 5.74) is 3.20. The van der Waals surface area contributed by atoms with Gasteiger partial charge in [0.15, 0.2) is 0 Å². The van der Waals surface area contributed by atoms with Crippen molar-refractivity contribution in [2.24, 2.45) is 0 Å². The molecule has 0 radical (unpaired) electrons. The van der Waals surface area contributed by atoms with Crippen LogP contribution >= 0.6 is 0 Å². The second kappa shape index (κ2) is 9.03. The van der Waals surface area contributed by atoms with Crippen molar-refractivity contribution in [1.29, 1.82) is 0 Å². The van der Waals surface area contributed by atoms with E-state index in [-0.39, 0.29) is 12.5 Å². The number of carboxylic acids is 1. The number of rotatable bonds is 9. The lowest BCUT2D eigenvalue weighted by molar-refractivity contribution is -0.136. The summed E-state index contributed by atoms with van der Waals surface area (Å²) in [6.45, 7) is 10.6. The number of allylic oxidation sites excluding steroid dienone is 1. The number of nitrogens with zero attached hydrogens (tertiary/aromatic N) is 1. The van der Waals surface area contributed by atoms with Gasteiger partial charge in [-0.1, -0.05) is 29.8 Å². The number of aliphatic carboxylic acids is 1. The van der Waals surface area contributed by atoms with Crippen LogP contribution in [0.5, 0.6) is 5.75 Å². The second-order valence-electron chi connectivity index (χ2n) is 5.97. The molecule has 1 N–H and O–H groups in total. The lowest BCUT2D eigenvalue weighted by Gasteiger charge is -2.26. The summed E-state index contributed by atoms with van der Waals surface area (Å²) in [5, 5.41) is 8.72. The number of aryl methyl sites for hydroxylation is 1. The maximum absolute atomic E-state index is 10.6. The van der Waals surface area contributed by atoms with Crippen molar-refractivity contribution in [3.63, 3.8) is 0 Å². The normalized spacial score (nSPS) is 12.6. The zero-order valence-corrected chi connectivity index (χ0v) is 14.5. The first kappa shape index (κ1) is 18.8. The zero-order valence-electron chi connectivity index (χ0n) is 14.5. The Bertz CT molecular complexity index is 560. The highest BCUT2D eigenvalue weighted by molar-refractivity contribution is 5.66. The van der Waals surface area contributed by atoms with Crippen LogP contribution in [-0.4, -0.2) is 35.7 Å². The summed E-state index contributed by atoms with van der Waals surface area (Å²) < 4.78 is 5.75. The van der Waals surface area contributed by atoms with E-state index in [1.807, 2.05) is 56.3 Å². The molecule has 1 unspecified atom stereocenters. The van der Waals surface area contributed by atoms with Gasteiger partial charge in [-0.05, 0) is 51.1 Å². The van der Waals surface area contributed by atoms with Crippen LogP contribution in [0.1, 0.15) is 32.3 Å². The van der Waals surface area contributed by atoms with Crippen molar-refractivity contribution in [2.75, 3.05) is 13.7 Å². The molecule has 4 heteroatoms. The van der Waals surface area contributed by atoms with Crippen LogP contribution < -0.4 is 4.74 Å². The van der Waals surface area contributed by atoms with Crippen molar-refractivity contribution >= 4 is 5.97 Å². The molecule has 0 aliphatic carbocycles. The quantitative estimate of drug-likeness (QED) is 0.699. The first-order valence-electron chi connectivity index (χ1n) is 7.77. The number of ether oxygens (including phenoxy) is 1. The molecule has 0 spiro atoms. The fraction of sp³-hybridized carbons (Fsp3) is 0.421. The third kappa shape index (κ3) is 7.04. The molecule has 0 heterocycles. The van der Waals surface area contributed by atoms with Crippen LogP contribution in [-0.2, 0) is 4.79 Å². The van der Waals surface area contributed by atoms with Gasteiger partial charge in [0, 0.05) is 19.5 Å². The van der Waals surface area contributed by atoms with E-state index in [9.17, 15) is 4.79 Å². The highest BCUT2D eigenvalue weighted by Gasteiger charge is 2.11. The summed E-state index contributed by atoms with van der Waals surface area (Å²) in [6.07, 6.45) is 2.69.